The number of hydrogen-bond acceptors (Lipinski definition) is 0. The van der Waals surface area contributed by atoms with Crippen LogP contribution in [0.1, 0.15) is 54.4 Å². The molecule has 0 saturated carbocycles. The van der Waals surface area contributed by atoms with E-state index in [-0.39, 0.29) is 15.8 Å². The predicted octanol–water partition coefficient (Wildman–Crippen LogP) is 7.22. The zero-order valence-electron chi connectivity index (χ0n) is 17.7. The summed E-state index contributed by atoms with van der Waals surface area (Å²) < 4.78 is 0. The first-order valence-corrected chi connectivity index (χ1v) is 13.3. The monoisotopic (exact) mass is 388 g/mol. The van der Waals surface area contributed by atoms with Crippen LogP contribution in [0.15, 0.2) is 60.7 Å². The Morgan fingerprint density at radius 3 is 1.35 bits per heavy atom. The highest BCUT2D eigenvalue weighted by Crippen LogP contribution is 2.44. The summed E-state index contributed by atoms with van der Waals surface area (Å²) in [6.45, 7) is 13.9. The van der Waals surface area contributed by atoms with Gasteiger partial charge in [-0.1, -0.05) is 131 Å². The van der Waals surface area contributed by atoms with Crippen molar-refractivity contribution in [3.05, 3.63) is 60.7 Å². The third-order valence-electron chi connectivity index (χ3n) is 4.28. The van der Waals surface area contributed by atoms with Gasteiger partial charge in [0.15, 0.2) is 0 Å². The van der Waals surface area contributed by atoms with Crippen LogP contribution in [0, 0.1) is 0 Å². The van der Waals surface area contributed by atoms with E-state index in [1.54, 1.807) is 10.6 Å². The first-order valence-electron chi connectivity index (χ1n) is 10.1. The molecule has 2 heteroatoms. The molecule has 0 heterocycles. The Kier molecular flexibility index (Phi) is 12.1. The maximum atomic E-state index is 2.33. The van der Waals surface area contributed by atoms with Crippen molar-refractivity contribution in [2.75, 3.05) is 12.3 Å². The van der Waals surface area contributed by atoms with E-state index in [0.29, 0.717) is 0 Å². The molecule has 2 aromatic rings. The molecule has 2 aromatic carbocycles. The molecule has 0 aromatic heterocycles. The summed E-state index contributed by atoms with van der Waals surface area (Å²) in [6, 6.07) is 21.9. The maximum Gasteiger partial charge on any atom is -0.0223 e. The van der Waals surface area contributed by atoms with E-state index in [1.165, 1.54) is 25.2 Å². The average molecular weight is 389 g/mol. The molecule has 0 fully saturated rings. The van der Waals surface area contributed by atoms with Crippen LogP contribution in [0.3, 0.4) is 0 Å². The Morgan fingerprint density at radius 2 is 1.00 bits per heavy atom. The number of hydrogen-bond donors (Lipinski definition) is 0. The molecule has 0 aliphatic rings. The van der Waals surface area contributed by atoms with Crippen LogP contribution in [0.5, 0.6) is 0 Å². The van der Waals surface area contributed by atoms with E-state index in [0.717, 1.165) is 11.3 Å². The van der Waals surface area contributed by atoms with Crippen molar-refractivity contribution in [3.63, 3.8) is 0 Å². The zero-order valence-corrected chi connectivity index (χ0v) is 19.4. The van der Waals surface area contributed by atoms with Crippen molar-refractivity contribution in [2.24, 2.45) is 0 Å². The van der Waals surface area contributed by atoms with E-state index < -0.39 is 0 Å². The second-order valence-corrected chi connectivity index (χ2v) is 13.1. The van der Waals surface area contributed by atoms with Gasteiger partial charge < -0.3 is 0 Å². The second-order valence-electron chi connectivity index (χ2n) is 7.25. The average Bonchev–Trinajstić information content (AvgIpc) is 2.63. The van der Waals surface area contributed by atoms with Gasteiger partial charge in [0.2, 0.25) is 0 Å². The molecule has 144 valence electrons. The van der Waals surface area contributed by atoms with Crippen molar-refractivity contribution in [1.82, 2.24) is 0 Å². The van der Waals surface area contributed by atoms with Crippen LogP contribution in [-0.4, -0.2) is 23.6 Å². The number of rotatable bonds is 8. The van der Waals surface area contributed by atoms with Crippen molar-refractivity contribution in [2.45, 2.75) is 65.7 Å². The molecular weight excluding hydrogens is 350 g/mol. The molecule has 0 saturated heterocycles. The summed E-state index contributed by atoms with van der Waals surface area (Å²) in [4.78, 5) is 0. The van der Waals surface area contributed by atoms with Gasteiger partial charge in [0, 0.05) is 0 Å². The van der Waals surface area contributed by atoms with Crippen molar-refractivity contribution in [1.29, 1.82) is 0 Å². The van der Waals surface area contributed by atoms with E-state index >= 15 is 0 Å². The van der Waals surface area contributed by atoms with Crippen LogP contribution in [0.4, 0.5) is 0 Å². The van der Waals surface area contributed by atoms with Gasteiger partial charge in [-0.2, -0.15) is 0 Å². The van der Waals surface area contributed by atoms with E-state index in [9.17, 15) is 0 Å². The summed E-state index contributed by atoms with van der Waals surface area (Å²) in [6.07, 6.45) is 5.43. The molecule has 0 spiro atoms. The maximum absolute atomic E-state index is 2.33. The van der Waals surface area contributed by atoms with Gasteiger partial charge >= 0.3 is 0 Å². The third kappa shape index (κ3) is 8.33. The van der Waals surface area contributed by atoms with Crippen molar-refractivity contribution < 1.29 is 0 Å². The van der Waals surface area contributed by atoms with Gasteiger partial charge in [-0.3, -0.25) is 0 Å². The normalized spacial score (nSPS) is 11.2. The molecule has 0 bridgehead atoms. The Balaban J connectivity index is 0.000000260. The minimum atomic E-state index is 0.0262. The Labute approximate surface area is 165 Å². The van der Waals surface area contributed by atoms with Gasteiger partial charge in [-0.25, -0.2) is 0 Å². The summed E-state index contributed by atoms with van der Waals surface area (Å²) >= 11 is 0. The molecule has 0 nitrogen and oxygen atoms in total. The molecule has 0 radical (unpaired) electrons. The van der Waals surface area contributed by atoms with E-state index in [2.05, 4.69) is 102 Å². The van der Waals surface area contributed by atoms with Crippen LogP contribution in [0.2, 0.25) is 0 Å². The van der Waals surface area contributed by atoms with Crippen LogP contribution in [0.25, 0.3) is 0 Å². The lowest BCUT2D eigenvalue weighted by Crippen LogP contribution is -2.14. The lowest BCUT2D eigenvalue weighted by Gasteiger charge is -2.25. The van der Waals surface area contributed by atoms with Gasteiger partial charge in [-0.05, 0) is 34.3 Å². The first kappa shape index (κ1) is 23.3. The standard InChI is InChI=1S/2C12H19P/c1-10(2)13(11(3)4)12-8-6-5-7-9-12;1-3-10-13(11-4-2)12-8-6-5-7-9-12/h5-11H,1-4H3;5-9H,3-4,10-11H2,1-2H3. The molecule has 0 amide bonds. The van der Waals surface area contributed by atoms with Crippen LogP contribution < -0.4 is 10.6 Å². The minimum Gasteiger partial charge on any atom is -0.0753 e. The van der Waals surface area contributed by atoms with E-state index in [4.69, 9.17) is 0 Å². The minimum absolute atomic E-state index is 0.0262. The lowest BCUT2D eigenvalue weighted by molar-refractivity contribution is 1.02. The molecule has 26 heavy (non-hydrogen) atoms. The summed E-state index contributed by atoms with van der Waals surface area (Å²) in [7, 11) is 0.170. The Hall–Kier alpha value is -0.700. The van der Waals surface area contributed by atoms with Crippen LogP contribution in [-0.2, 0) is 0 Å². The highest BCUT2D eigenvalue weighted by atomic mass is 31.1. The fourth-order valence-electron chi connectivity index (χ4n) is 3.34. The quantitative estimate of drug-likeness (QED) is 0.419. The topological polar surface area (TPSA) is 0 Å². The summed E-state index contributed by atoms with van der Waals surface area (Å²) in [5.74, 6) is 0. The summed E-state index contributed by atoms with van der Waals surface area (Å²) in [5.41, 5.74) is 1.58. The smallest absolute Gasteiger partial charge is 0.0223 e. The third-order valence-corrected chi connectivity index (χ3v) is 10.4. The molecular formula is C24H38P2. The van der Waals surface area contributed by atoms with Gasteiger partial charge in [0.05, 0.1) is 0 Å². The number of benzene rings is 2. The first-order chi connectivity index (χ1) is 12.5. The van der Waals surface area contributed by atoms with Gasteiger partial charge in [0.25, 0.3) is 0 Å². The molecule has 0 aliphatic carbocycles. The Bertz CT molecular complexity index is 549. The predicted molar refractivity (Wildman–Crippen MR) is 127 cm³/mol. The second kappa shape index (κ2) is 13.5. The molecule has 0 unspecified atom stereocenters. The fraction of sp³-hybridized carbons (Fsp3) is 0.500. The molecule has 0 N–H and O–H groups in total. The van der Waals surface area contributed by atoms with Gasteiger partial charge in [0.1, 0.15) is 0 Å². The largest absolute Gasteiger partial charge is 0.0753 e. The highest BCUT2D eigenvalue weighted by molar-refractivity contribution is 7.67. The van der Waals surface area contributed by atoms with Crippen molar-refractivity contribution >= 4 is 26.5 Å². The summed E-state index contributed by atoms with van der Waals surface area (Å²) in [5, 5.41) is 3.13. The molecule has 0 atom stereocenters. The van der Waals surface area contributed by atoms with Gasteiger partial charge in [-0.15, -0.1) is 0 Å². The SMILES string of the molecule is CC(C)P(c1ccccc1)C(C)C.CCCP(CCC)c1ccccc1. The van der Waals surface area contributed by atoms with Crippen molar-refractivity contribution in [3.8, 4) is 0 Å². The van der Waals surface area contributed by atoms with Crippen LogP contribution >= 0.6 is 15.8 Å². The zero-order chi connectivity index (χ0) is 19.4. The Morgan fingerprint density at radius 1 is 0.615 bits per heavy atom. The highest BCUT2D eigenvalue weighted by Gasteiger charge is 2.17. The fourth-order valence-corrected chi connectivity index (χ4v) is 8.66. The van der Waals surface area contributed by atoms with E-state index in [1.807, 2.05) is 0 Å². The molecule has 0 aliphatic heterocycles. The molecule has 2 rings (SSSR count). The lowest BCUT2D eigenvalue weighted by atomic mass is 10.4.